The maximum absolute atomic E-state index is 5.67. The first-order valence-corrected chi connectivity index (χ1v) is 7.40. The molecule has 0 aromatic carbocycles. The Kier molecular flexibility index (Phi) is 5.24. The first-order valence-electron chi connectivity index (χ1n) is 7.40. The summed E-state index contributed by atoms with van der Waals surface area (Å²) in [5.41, 5.74) is 1.13. The Labute approximate surface area is 110 Å². The van der Waals surface area contributed by atoms with E-state index in [1.165, 1.54) is 38.5 Å². The molecule has 0 atom stereocenters. The van der Waals surface area contributed by atoms with Gasteiger partial charge in [-0.2, -0.15) is 0 Å². The average Bonchev–Trinajstić information content (AvgIpc) is 2.63. The molecule has 0 saturated heterocycles. The van der Waals surface area contributed by atoms with E-state index in [0.29, 0.717) is 11.8 Å². The second-order valence-corrected chi connectivity index (χ2v) is 5.88. The van der Waals surface area contributed by atoms with Gasteiger partial charge in [-0.25, -0.2) is 4.98 Å². The third kappa shape index (κ3) is 3.84. The molecule has 0 unspecified atom stereocenters. The maximum Gasteiger partial charge on any atom is 0.181 e. The molecule has 102 valence electrons. The lowest BCUT2D eigenvalue weighted by atomic mass is 9.96. The highest BCUT2D eigenvalue weighted by molar-refractivity contribution is 5.13. The second kappa shape index (κ2) is 6.93. The van der Waals surface area contributed by atoms with Crippen molar-refractivity contribution >= 4 is 0 Å². The number of oxazole rings is 1. The van der Waals surface area contributed by atoms with Gasteiger partial charge in [0.15, 0.2) is 6.39 Å². The Bertz CT molecular complexity index is 338. The van der Waals surface area contributed by atoms with E-state index in [-0.39, 0.29) is 0 Å². The van der Waals surface area contributed by atoms with Crippen LogP contribution in [0.25, 0.3) is 0 Å². The van der Waals surface area contributed by atoms with Crippen molar-refractivity contribution in [3.63, 3.8) is 0 Å². The minimum Gasteiger partial charge on any atom is -0.448 e. The van der Waals surface area contributed by atoms with Crippen molar-refractivity contribution in [2.45, 2.75) is 64.8 Å². The molecule has 1 saturated carbocycles. The molecule has 2 rings (SSSR count). The highest BCUT2D eigenvalue weighted by Crippen LogP contribution is 2.33. The topological polar surface area (TPSA) is 38.1 Å². The zero-order valence-electron chi connectivity index (χ0n) is 11.7. The summed E-state index contributed by atoms with van der Waals surface area (Å²) in [5.74, 6) is 2.43. The monoisotopic (exact) mass is 250 g/mol. The summed E-state index contributed by atoms with van der Waals surface area (Å²) in [6.45, 7) is 6.33. The lowest BCUT2D eigenvalue weighted by Gasteiger charge is -2.13. The summed E-state index contributed by atoms with van der Waals surface area (Å²) in [6, 6.07) is 0. The molecule has 1 aliphatic rings. The zero-order chi connectivity index (χ0) is 12.8. The van der Waals surface area contributed by atoms with Crippen LogP contribution < -0.4 is 5.32 Å². The lowest BCUT2D eigenvalue weighted by Crippen LogP contribution is -2.20. The largest absolute Gasteiger partial charge is 0.448 e. The first kappa shape index (κ1) is 13.6. The molecule has 3 nitrogen and oxygen atoms in total. The Morgan fingerprint density at radius 3 is 2.67 bits per heavy atom. The quantitative estimate of drug-likeness (QED) is 0.806. The van der Waals surface area contributed by atoms with Gasteiger partial charge in [0.05, 0.1) is 5.69 Å². The highest BCUT2D eigenvalue weighted by Gasteiger charge is 2.21. The highest BCUT2D eigenvalue weighted by atomic mass is 16.3. The Balaban J connectivity index is 1.93. The number of nitrogens with one attached hydrogen (secondary N) is 1. The van der Waals surface area contributed by atoms with Gasteiger partial charge in [-0.1, -0.05) is 39.5 Å². The number of aromatic nitrogens is 1. The van der Waals surface area contributed by atoms with E-state index in [4.69, 9.17) is 4.42 Å². The van der Waals surface area contributed by atoms with Crippen LogP contribution in [0, 0.1) is 5.92 Å². The number of hydrogen-bond acceptors (Lipinski definition) is 3. The van der Waals surface area contributed by atoms with E-state index in [0.717, 1.165) is 24.5 Å². The van der Waals surface area contributed by atoms with Gasteiger partial charge in [-0.3, -0.25) is 0 Å². The molecule has 3 heteroatoms. The molecule has 1 aromatic rings. The van der Waals surface area contributed by atoms with E-state index in [1.54, 1.807) is 6.39 Å². The summed E-state index contributed by atoms with van der Waals surface area (Å²) in [7, 11) is 0. The first-order chi connectivity index (χ1) is 8.77. The summed E-state index contributed by atoms with van der Waals surface area (Å²) >= 11 is 0. The molecular weight excluding hydrogens is 224 g/mol. The van der Waals surface area contributed by atoms with Crippen molar-refractivity contribution in [1.29, 1.82) is 0 Å². The SMILES string of the molecule is CC(C)CNCc1ncoc1C1CCCCCC1. The van der Waals surface area contributed by atoms with Gasteiger partial charge in [0.1, 0.15) is 5.76 Å². The second-order valence-electron chi connectivity index (χ2n) is 5.88. The molecule has 1 N–H and O–H groups in total. The fraction of sp³-hybridized carbons (Fsp3) is 0.800. The molecular formula is C15H26N2O. The van der Waals surface area contributed by atoms with Gasteiger partial charge in [0.2, 0.25) is 0 Å². The predicted molar refractivity (Wildman–Crippen MR) is 73.5 cm³/mol. The minimum atomic E-state index is 0.603. The molecule has 0 aliphatic heterocycles. The molecule has 1 fully saturated rings. The predicted octanol–water partition coefficient (Wildman–Crippen LogP) is 3.86. The van der Waals surface area contributed by atoms with Crippen LogP contribution in [0.3, 0.4) is 0 Å². The molecule has 1 aliphatic carbocycles. The van der Waals surface area contributed by atoms with Gasteiger partial charge in [0, 0.05) is 12.5 Å². The summed E-state index contributed by atoms with van der Waals surface area (Å²) in [6.07, 6.45) is 9.59. The van der Waals surface area contributed by atoms with Crippen molar-refractivity contribution in [1.82, 2.24) is 10.3 Å². The van der Waals surface area contributed by atoms with Crippen LogP contribution in [0.5, 0.6) is 0 Å². The molecule has 0 radical (unpaired) electrons. The number of rotatable bonds is 5. The van der Waals surface area contributed by atoms with Gasteiger partial charge >= 0.3 is 0 Å². The Hall–Kier alpha value is -0.830. The fourth-order valence-corrected chi connectivity index (χ4v) is 2.76. The molecule has 1 aromatic heterocycles. The van der Waals surface area contributed by atoms with Crippen LogP contribution in [-0.4, -0.2) is 11.5 Å². The summed E-state index contributed by atoms with van der Waals surface area (Å²) in [5, 5.41) is 3.46. The Morgan fingerprint density at radius 1 is 1.28 bits per heavy atom. The van der Waals surface area contributed by atoms with Crippen LogP contribution in [0.15, 0.2) is 10.8 Å². The van der Waals surface area contributed by atoms with Gasteiger partial charge in [-0.15, -0.1) is 0 Å². The van der Waals surface area contributed by atoms with Crippen molar-refractivity contribution in [2.75, 3.05) is 6.54 Å². The third-order valence-corrected chi connectivity index (χ3v) is 3.74. The van der Waals surface area contributed by atoms with Crippen molar-refractivity contribution in [3.8, 4) is 0 Å². The van der Waals surface area contributed by atoms with Crippen molar-refractivity contribution < 1.29 is 4.42 Å². The smallest absolute Gasteiger partial charge is 0.181 e. The lowest BCUT2D eigenvalue weighted by molar-refractivity contribution is 0.425. The van der Waals surface area contributed by atoms with Crippen LogP contribution >= 0.6 is 0 Å². The molecule has 0 bridgehead atoms. The molecule has 0 amide bonds. The summed E-state index contributed by atoms with van der Waals surface area (Å²) < 4.78 is 5.67. The van der Waals surface area contributed by atoms with Crippen molar-refractivity contribution in [3.05, 3.63) is 17.8 Å². The third-order valence-electron chi connectivity index (χ3n) is 3.74. The number of hydrogen-bond donors (Lipinski definition) is 1. The van der Waals surface area contributed by atoms with Gasteiger partial charge in [-0.05, 0) is 25.3 Å². The van der Waals surface area contributed by atoms with Crippen LogP contribution in [-0.2, 0) is 6.54 Å². The van der Waals surface area contributed by atoms with Crippen LogP contribution in [0.4, 0.5) is 0 Å². The van der Waals surface area contributed by atoms with Crippen molar-refractivity contribution in [2.24, 2.45) is 5.92 Å². The van der Waals surface area contributed by atoms with Gasteiger partial charge < -0.3 is 9.73 Å². The van der Waals surface area contributed by atoms with E-state index >= 15 is 0 Å². The normalized spacial score (nSPS) is 18.2. The minimum absolute atomic E-state index is 0.603. The van der Waals surface area contributed by atoms with E-state index in [2.05, 4.69) is 24.1 Å². The molecule has 1 heterocycles. The maximum atomic E-state index is 5.67. The standard InChI is InChI=1S/C15H26N2O/c1-12(2)9-16-10-14-15(18-11-17-14)13-7-5-3-4-6-8-13/h11-13,16H,3-10H2,1-2H3. The van der Waals surface area contributed by atoms with E-state index < -0.39 is 0 Å². The summed E-state index contributed by atoms with van der Waals surface area (Å²) in [4.78, 5) is 4.39. The molecule has 0 spiro atoms. The van der Waals surface area contributed by atoms with E-state index in [1.807, 2.05) is 0 Å². The van der Waals surface area contributed by atoms with E-state index in [9.17, 15) is 0 Å². The zero-order valence-corrected chi connectivity index (χ0v) is 11.7. The number of nitrogens with zero attached hydrogens (tertiary/aromatic N) is 1. The van der Waals surface area contributed by atoms with Crippen LogP contribution in [0.1, 0.15) is 69.7 Å². The average molecular weight is 250 g/mol. The Morgan fingerprint density at radius 2 is 2.00 bits per heavy atom. The van der Waals surface area contributed by atoms with Gasteiger partial charge in [0.25, 0.3) is 0 Å². The van der Waals surface area contributed by atoms with Crippen LogP contribution in [0.2, 0.25) is 0 Å². The molecule has 18 heavy (non-hydrogen) atoms. The fourth-order valence-electron chi connectivity index (χ4n) is 2.76.